The van der Waals surface area contributed by atoms with Crippen LogP contribution in [0, 0.1) is 0 Å². The summed E-state index contributed by atoms with van der Waals surface area (Å²) in [7, 11) is 1.53. The molecule has 8 heteroatoms. The molecule has 2 aromatic carbocycles. The second-order valence-corrected chi connectivity index (χ2v) is 7.65. The Hall–Kier alpha value is -4.46. The van der Waals surface area contributed by atoms with Gasteiger partial charge >= 0.3 is 11.6 Å². The van der Waals surface area contributed by atoms with E-state index in [0.29, 0.717) is 51.1 Å². The van der Waals surface area contributed by atoms with Gasteiger partial charge in [0.25, 0.3) is 0 Å². The first kappa shape index (κ1) is 21.4. The molecule has 0 saturated carbocycles. The Morgan fingerprint density at radius 1 is 1.06 bits per heavy atom. The summed E-state index contributed by atoms with van der Waals surface area (Å²) in [5, 5.41) is 5.63. The van der Waals surface area contributed by atoms with Crippen LogP contribution in [0.15, 0.2) is 76.1 Å². The lowest BCUT2D eigenvalue weighted by Gasteiger charge is -2.10. The molecule has 0 radical (unpaired) electrons. The Balaban J connectivity index is 1.52. The van der Waals surface area contributed by atoms with Crippen LogP contribution in [0.4, 0.5) is 0 Å². The summed E-state index contributed by atoms with van der Waals surface area (Å²) in [5.74, 6) is 0.0282. The van der Waals surface area contributed by atoms with E-state index < -0.39 is 11.6 Å². The van der Waals surface area contributed by atoms with E-state index in [-0.39, 0.29) is 6.61 Å². The first-order valence-corrected chi connectivity index (χ1v) is 10.8. The Bertz CT molecular complexity index is 1570. The number of nitrogens with zero attached hydrogens (tertiary/aromatic N) is 3. The average molecular weight is 455 g/mol. The fraction of sp³-hybridized carbons (Fsp3) is 0.154. The van der Waals surface area contributed by atoms with Gasteiger partial charge in [0.05, 0.1) is 30.0 Å². The largest absolute Gasteiger partial charge is 0.497 e. The SMILES string of the molecule is CCn1ncc2c(C(=O)OCc3cc(=O)oc4cc(OC)ccc34)cc(-c3ccccc3)nc21. The number of aryl methyl sites for hydroxylation is 1. The number of hydrogen-bond donors (Lipinski definition) is 0. The predicted molar refractivity (Wildman–Crippen MR) is 127 cm³/mol. The Kier molecular flexibility index (Phi) is 5.55. The van der Waals surface area contributed by atoms with Crippen molar-refractivity contribution in [3.63, 3.8) is 0 Å². The summed E-state index contributed by atoms with van der Waals surface area (Å²) >= 11 is 0. The molecule has 5 rings (SSSR count). The molecule has 8 nitrogen and oxygen atoms in total. The van der Waals surface area contributed by atoms with Gasteiger partial charge in [-0.05, 0) is 25.1 Å². The number of carbonyl (C=O) groups excluding carboxylic acids is 1. The molecule has 0 saturated heterocycles. The summed E-state index contributed by atoms with van der Waals surface area (Å²) in [6.45, 7) is 2.47. The van der Waals surface area contributed by atoms with Gasteiger partial charge < -0.3 is 13.9 Å². The highest BCUT2D eigenvalue weighted by molar-refractivity contribution is 6.03. The third kappa shape index (κ3) is 3.90. The quantitative estimate of drug-likeness (QED) is 0.273. The van der Waals surface area contributed by atoms with Crippen LogP contribution in [0.3, 0.4) is 0 Å². The predicted octanol–water partition coefficient (Wildman–Crippen LogP) is 4.59. The summed E-state index contributed by atoms with van der Waals surface area (Å²) in [5.41, 5.74) is 2.86. The third-order valence-electron chi connectivity index (χ3n) is 5.59. The fourth-order valence-corrected chi connectivity index (χ4v) is 3.88. The maximum Gasteiger partial charge on any atom is 0.339 e. The van der Waals surface area contributed by atoms with Gasteiger partial charge in [0.15, 0.2) is 5.65 Å². The Morgan fingerprint density at radius 2 is 1.88 bits per heavy atom. The summed E-state index contributed by atoms with van der Waals surface area (Å²) in [4.78, 5) is 30.0. The Morgan fingerprint density at radius 3 is 2.65 bits per heavy atom. The van der Waals surface area contributed by atoms with Crippen molar-refractivity contribution in [2.45, 2.75) is 20.1 Å². The molecule has 5 aromatic rings. The van der Waals surface area contributed by atoms with E-state index >= 15 is 0 Å². The zero-order valence-corrected chi connectivity index (χ0v) is 18.6. The second kappa shape index (κ2) is 8.82. The third-order valence-corrected chi connectivity index (χ3v) is 5.59. The molecule has 0 aliphatic heterocycles. The molecular formula is C26H21N3O5. The highest BCUT2D eigenvalue weighted by Gasteiger charge is 2.19. The van der Waals surface area contributed by atoms with Crippen LogP contribution in [-0.4, -0.2) is 27.8 Å². The number of benzene rings is 2. The monoisotopic (exact) mass is 455 g/mol. The minimum absolute atomic E-state index is 0.0976. The lowest BCUT2D eigenvalue weighted by atomic mass is 10.1. The smallest absolute Gasteiger partial charge is 0.339 e. The van der Waals surface area contributed by atoms with Crippen molar-refractivity contribution in [1.82, 2.24) is 14.8 Å². The second-order valence-electron chi connectivity index (χ2n) is 7.65. The van der Waals surface area contributed by atoms with Crippen molar-refractivity contribution in [3.8, 4) is 17.0 Å². The lowest BCUT2D eigenvalue weighted by molar-refractivity contribution is 0.0476. The number of aromatic nitrogens is 3. The van der Waals surface area contributed by atoms with Crippen LogP contribution in [0.2, 0.25) is 0 Å². The van der Waals surface area contributed by atoms with Crippen LogP contribution in [0.1, 0.15) is 22.8 Å². The van der Waals surface area contributed by atoms with Gasteiger partial charge in [-0.2, -0.15) is 5.10 Å². The minimum Gasteiger partial charge on any atom is -0.497 e. The van der Waals surface area contributed by atoms with Crippen molar-refractivity contribution in [3.05, 3.63) is 88.4 Å². The van der Waals surface area contributed by atoms with Crippen LogP contribution >= 0.6 is 0 Å². The van der Waals surface area contributed by atoms with E-state index in [2.05, 4.69) is 5.10 Å². The first-order valence-electron chi connectivity index (χ1n) is 10.8. The van der Waals surface area contributed by atoms with E-state index in [1.54, 1.807) is 35.1 Å². The highest BCUT2D eigenvalue weighted by atomic mass is 16.5. The van der Waals surface area contributed by atoms with Crippen LogP contribution in [0.25, 0.3) is 33.3 Å². The number of fused-ring (bicyclic) bond motifs is 2. The highest BCUT2D eigenvalue weighted by Crippen LogP contribution is 2.27. The minimum atomic E-state index is -0.534. The van der Waals surface area contributed by atoms with E-state index in [1.807, 2.05) is 37.3 Å². The molecule has 0 atom stereocenters. The first-order chi connectivity index (χ1) is 16.6. The maximum absolute atomic E-state index is 13.2. The number of esters is 1. The molecule has 0 aliphatic carbocycles. The summed E-state index contributed by atoms with van der Waals surface area (Å²) in [6.07, 6.45) is 1.62. The van der Waals surface area contributed by atoms with Crippen LogP contribution in [0.5, 0.6) is 5.75 Å². The zero-order valence-electron chi connectivity index (χ0n) is 18.6. The van der Waals surface area contributed by atoms with E-state index in [9.17, 15) is 9.59 Å². The average Bonchev–Trinajstić information content (AvgIpc) is 3.29. The van der Waals surface area contributed by atoms with E-state index in [4.69, 9.17) is 18.9 Å². The van der Waals surface area contributed by atoms with Gasteiger partial charge in [-0.3, -0.25) is 0 Å². The Labute approximate surface area is 194 Å². The van der Waals surface area contributed by atoms with Gasteiger partial charge in [-0.25, -0.2) is 19.3 Å². The number of ether oxygens (including phenoxy) is 2. The molecule has 0 N–H and O–H groups in total. The molecule has 0 aliphatic rings. The van der Waals surface area contributed by atoms with Crippen molar-refractivity contribution >= 4 is 28.0 Å². The topological polar surface area (TPSA) is 96.5 Å². The van der Waals surface area contributed by atoms with Crippen LogP contribution in [-0.2, 0) is 17.9 Å². The normalized spacial score (nSPS) is 11.1. The number of rotatable bonds is 6. The number of hydrogen-bond acceptors (Lipinski definition) is 7. The lowest BCUT2D eigenvalue weighted by Crippen LogP contribution is -2.09. The number of carbonyl (C=O) groups is 1. The molecule has 3 heterocycles. The molecule has 0 unspecified atom stereocenters. The van der Waals surface area contributed by atoms with Crippen molar-refractivity contribution in [1.29, 1.82) is 0 Å². The summed E-state index contributed by atoms with van der Waals surface area (Å²) < 4.78 is 17.9. The van der Waals surface area contributed by atoms with Gasteiger partial charge in [0.1, 0.15) is 17.9 Å². The molecule has 3 aromatic heterocycles. The van der Waals surface area contributed by atoms with E-state index in [0.717, 1.165) is 5.56 Å². The fourth-order valence-electron chi connectivity index (χ4n) is 3.88. The molecule has 34 heavy (non-hydrogen) atoms. The van der Waals surface area contributed by atoms with Crippen molar-refractivity contribution in [2.24, 2.45) is 0 Å². The van der Waals surface area contributed by atoms with Gasteiger partial charge in [0, 0.05) is 35.2 Å². The number of methoxy groups -OCH3 is 1. The van der Waals surface area contributed by atoms with Crippen molar-refractivity contribution < 1.29 is 18.7 Å². The molecule has 0 amide bonds. The van der Waals surface area contributed by atoms with Gasteiger partial charge in [0.2, 0.25) is 0 Å². The van der Waals surface area contributed by atoms with E-state index in [1.165, 1.54) is 13.2 Å². The van der Waals surface area contributed by atoms with Gasteiger partial charge in [-0.1, -0.05) is 30.3 Å². The molecule has 0 spiro atoms. The molecule has 170 valence electrons. The zero-order chi connectivity index (χ0) is 23.7. The maximum atomic E-state index is 13.2. The standard InChI is InChI=1S/C26H21N3O5/c1-3-29-25-21(14-27-29)20(13-22(28-25)16-7-5-4-6-8-16)26(31)33-15-17-11-24(30)34-23-12-18(32-2)9-10-19(17)23/h4-14H,3,15H2,1-2H3. The van der Waals surface area contributed by atoms with Crippen molar-refractivity contribution in [2.75, 3.05) is 7.11 Å². The number of pyridine rings is 1. The summed E-state index contributed by atoms with van der Waals surface area (Å²) in [6, 6.07) is 17.8. The molecule has 0 bridgehead atoms. The van der Waals surface area contributed by atoms with Gasteiger partial charge in [-0.15, -0.1) is 0 Å². The molecule has 0 fully saturated rings. The molecular weight excluding hydrogens is 434 g/mol. The van der Waals surface area contributed by atoms with Crippen LogP contribution < -0.4 is 10.4 Å².